The van der Waals surface area contributed by atoms with Gasteiger partial charge in [0.2, 0.25) is 0 Å². The zero-order valence-corrected chi connectivity index (χ0v) is 16.0. The van der Waals surface area contributed by atoms with Gasteiger partial charge in [-0.3, -0.25) is 0 Å². The molecular formula is C21H16Cl2N2O2. The van der Waals surface area contributed by atoms with Crippen LogP contribution in [0.1, 0.15) is 5.56 Å². The largest absolute Gasteiger partial charge is 0.493 e. The molecule has 4 aromatic rings. The zero-order valence-electron chi connectivity index (χ0n) is 14.5. The Hall–Kier alpha value is -2.69. The number of hydrogen-bond acceptors (Lipinski definition) is 3. The second-order valence-corrected chi connectivity index (χ2v) is 6.79. The number of halogens is 2. The van der Waals surface area contributed by atoms with Gasteiger partial charge in [-0.15, -0.1) is 0 Å². The number of benzene rings is 3. The van der Waals surface area contributed by atoms with Crippen molar-refractivity contribution in [3.63, 3.8) is 0 Å². The fourth-order valence-corrected chi connectivity index (χ4v) is 3.20. The van der Waals surface area contributed by atoms with E-state index in [1.165, 1.54) is 0 Å². The number of para-hydroxylation sites is 3. The van der Waals surface area contributed by atoms with Crippen molar-refractivity contribution >= 4 is 34.2 Å². The van der Waals surface area contributed by atoms with Crippen molar-refractivity contribution in [1.82, 2.24) is 9.97 Å². The number of imidazole rings is 1. The Morgan fingerprint density at radius 3 is 2.59 bits per heavy atom. The molecule has 4 nitrogen and oxygen atoms in total. The lowest BCUT2D eigenvalue weighted by atomic mass is 10.1. The van der Waals surface area contributed by atoms with Crippen molar-refractivity contribution in [3.05, 3.63) is 76.3 Å². The monoisotopic (exact) mass is 398 g/mol. The maximum absolute atomic E-state index is 6.10. The molecule has 0 bridgehead atoms. The first-order chi connectivity index (χ1) is 13.2. The van der Waals surface area contributed by atoms with Gasteiger partial charge in [0.1, 0.15) is 12.4 Å². The van der Waals surface area contributed by atoms with Crippen LogP contribution in [0.2, 0.25) is 10.0 Å². The Bertz CT molecular complexity index is 1080. The maximum atomic E-state index is 6.10. The van der Waals surface area contributed by atoms with Crippen LogP contribution < -0.4 is 9.47 Å². The van der Waals surface area contributed by atoms with Crippen LogP contribution in [0.25, 0.3) is 22.4 Å². The summed E-state index contributed by atoms with van der Waals surface area (Å²) in [6.45, 7) is 0.324. The number of methoxy groups -OCH3 is 1. The Balaban J connectivity index is 1.71. The van der Waals surface area contributed by atoms with E-state index >= 15 is 0 Å². The standard InChI is InChI=1S/C21H16Cl2N2O2/c1-26-19-8-4-5-14(21-24-17-6-2-3-7-18(17)25-21)20(19)27-12-13-9-10-15(22)16(23)11-13/h2-11H,12H2,1H3,(H,24,25). The highest BCUT2D eigenvalue weighted by Gasteiger charge is 2.16. The van der Waals surface area contributed by atoms with E-state index in [4.69, 9.17) is 32.7 Å². The lowest BCUT2D eigenvalue weighted by Crippen LogP contribution is -2.00. The molecule has 0 fully saturated rings. The van der Waals surface area contributed by atoms with E-state index in [9.17, 15) is 0 Å². The first-order valence-corrected chi connectivity index (χ1v) is 9.10. The van der Waals surface area contributed by atoms with Crippen LogP contribution in [0, 0.1) is 0 Å². The summed E-state index contributed by atoms with van der Waals surface area (Å²) >= 11 is 12.1. The van der Waals surface area contributed by atoms with Crippen LogP contribution in [0.3, 0.4) is 0 Å². The number of rotatable bonds is 5. The van der Waals surface area contributed by atoms with Gasteiger partial charge in [-0.25, -0.2) is 4.98 Å². The number of ether oxygens (including phenoxy) is 2. The molecule has 1 N–H and O–H groups in total. The molecule has 1 aromatic heterocycles. The number of fused-ring (bicyclic) bond motifs is 1. The van der Waals surface area contributed by atoms with Crippen molar-refractivity contribution in [3.8, 4) is 22.9 Å². The van der Waals surface area contributed by atoms with Gasteiger partial charge in [-0.05, 0) is 42.0 Å². The number of nitrogens with zero attached hydrogens (tertiary/aromatic N) is 1. The number of nitrogens with one attached hydrogen (secondary N) is 1. The third kappa shape index (κ3) is 3.59. The molecule has 6 heteroatoms. The average molecular weight is 399 g/mol. The summed E-state index contributed by atoms with van der Waals surface area (Å²) < 4.78 is 11.6. The number of H-pyrrole nitrogens is 1. The normalized spacial score (nSPS) is 10.9. The molecule has 0 saturated carbocycles. The predicted molar refractivity (Wildman–Crippen MR) is 109 cm³/mol. The molecule has 0 unspecified atom stereocenters. The number of aromatic nitrogens is 2. The van der Waals surface area contributed by atoms with E-state index in [-0.39, 0.29) is 0 Å². The fraction of sp³-hybridized carbons (Fsp3) is 0.0952. The third-order valence-electron chi connectivity index (χ3n) is 4.21. The maximum Gasteiger partial charge on any atom is 0.172 e. The molecule has 3 aromatic carbocycles. The van der Waals surface area contributed by atoms with Gasteiger partial charge < -0.3 is 14.5 Å². The van der Waals surface area contributed by atoms with Crippen LogP contribution in [0.4, 0.5) is 0 Å². The van der Waals surface area contributed by atoms with Crippen LogP contribution in [-0.2, 0) is 6.61 Å². The average Bonchev–Trinajstić information content (AvgIpc) is 3.12. The van der Waals surface area contributed by atoms with Crippen LogP contribution in [-0.4, -0.2) is 17.1 Å². The number of aromatic amines is 1. The summed E-state index contributed by atoms with van der Waals surface area (Å²) in [5.41, 5.74) is 3.59. The second kappa shape index (κ2) is 7.51. The van der Waals surface area contributed by atoms with E-state index in [0.29, 0.717) is 28.2 Å². The lowest BCUT2D eigenvalue weighted by Gasteiger charge is -2.14. The van der Waals surface area contributed by atoms with Gasteiger partial charge in [-0.2, -0.15) is 0 Å². The van der Waals surface area contributed by atoms with E-state index in [1.54, 1.807) is 19.2 Å². The first-order valence-electron chi connectivity index (χ1n) is 8.34. The molecule has 0 amide bonds. The summed E-state index contributed by atoms with van der Waals surface area (Å²) in [6.07, 6.45) is 0. The minimum Gasteiger partial charge on any atom is -0.493 e. The van der Waals surface area contributed by atoms with Crippen LogP contribution >= 0.6 is 23.2 Å². The van der Waals surface area contributed by atoms with Gasteiger partial charge in [0, 0.05) is 0 Å². The topological polar surface area (TPSA) is 47.1 Å². The van der Waals surface area contributed by atoms with Crippen molar-refractivity contribution in [2.45, 2.75) is 6.61 Å². The summed E-state index contributed by atoms with van der Waals surface area (Å²) in [6, 6.07) is 19.0. The van der Waals surface area contributed by atoms with Crippen molar-refractivity contribution in [2.24, 2.45) is 0 Å². The van der Waals surface area contributed by atoms with Gasteiger partial charge >= 0.3 is 0 Å². The SMILES string of the molecule is COc1cccc(-c2nc3ccccc3[nH]2)c1OCc1ccc(Cl)c(Cl)c1. The Morgan fingerprint density at radius 2 is 1.81 bits per heavy atom. The highest BCUT2D eigenvalue weighted by atomic mass is 35.5. The quantitative estimate of drug-likeness (QED) is 0.440. The minimum atomic E-state index is 0.324. The Kier molecular flexibility index (Phi) is 4.92. The fourth-order valence-electron chi connectivity index (χ4n) is 2.88. The molecule has 27 heavy (non-hydrogen) atoms. The zero-order chi connectivity index (χ0) is 18.8. The van der Waals surface area contributed by atoms with E-state index in [1.807, 2.05) is 48.5 Å². The molecule has 0 radical (unpaired) electrons. The van der Waals surface area contributed by atoms with E-state index < -0.39 is 0 Å². The second-order valence-electron chi connectivity index (χ2n) is 5.98. The highest BCUT2D eigenvalue weighted by Crippen LogP contribution is 2.38. The number of hydrogen-bond donors (Lipinski definition) is 1. The predicted octanol–water partition coefficient (Wildman–Crippen LogP) is 6.12. The molecule has 0 aliphatic rings. The summed E-state index contributed by atoms with van der Waals surface area (Å²) in [4.78, 5) is 8.00. The molecule has 4 rings (SSSR count). The van der Waals surface area contributed by atoms with Gasteiger partial charge in [0.25, 0.3) is 0 Å². The van der Waals surface area contributed by atoms with E-state index in [0.717, 1.165) is 28.0 Å². The van der Waals surface area contributed by atoms with Gasteiger partial charge in [-0.1, -0.05) is 47.5 Å². The summed E-state index contributed by atoms with van der Waals surface area (Å²) in [5, 5.41) is 1.01. The minimum absolute atomic E-state index is 0.324. The molecule has 0 spiro atoms. The molecule has 136 valence electrons. The van der Waals surface area contributed by atoms with E-state index in [2.05, 4.69) is 9.97 Å². The van der Waals surface area contributed by atoms with Crippen molar-refractivity contribution in [2.75, 3.05) is 7.11 Å². The Labute approximate surface area is 166 Å². The molecule has 0 aliphatic heterocycles. The third-order valence-corrected chi connectivity index (χ3v) is 4.95. The summed E-state index contributed by atoms with van der Waals surface area (Å²) in [7, 11) is 1.61. The molecule has 0 saturated heterocycles. The van der Waals surface area contributed by atoms with Crippen molar-refractivity contribution in [1.29, 1.82) is 0 Å². The van der Waals surface area contributed by atoms with Crippen molar-refractivity contribution < 1.29 is 9.47 Å². The van der Waals surface area contributed by atoms with Gasteiger partial charge in [0.15, 0.2) is 11.5 Å². The summed E-state index contributed by atoms with van der Waals surface area (Å²) in [5.74, 6) is 1.97. The molecule has 1 heterocycles. The smallest absolute Gasteiger partial charge is 0.172 e. The van der Waals surface area contributed by atoms with Crippen LogP contribution in [0.5, 0.6) is 11.5 Å². The first kappa shape index (κ1) is 17.7. The lowest BCUT2D eigenvalue weighted by molar-refractivity contribution is 0.285. The molecule has 0 aliphatic carbocycles. The van der Waals surface area contributed by atoms with Crippen LogP contribution in [0.15, 0.2) is 60.7 Å². The molecule has 0 atom stereocenters. The Morgan fingerprint density at radius 1 is 0.963 bits per heavy atom. The highest BCUT2D eigenvalue weighted by molar-refractivity contribution is 6.42. The van der Waals surface area contributed by atoms with Gasteiger partial charge in [0.05, 0.1) is 33.8 Å². The molecular weight excluding hydrogens is 383 g/mol.